The molecule has 0 spiro atoms. The number of nitrogen functional groups attached to an aromatic ring is 1. The Kier molecular flexibility index (Phi) is 3.26. The molecule has 3 N–H and O–H groups in total. The van der Waals surface area contributed by atoms with Crippen LogP contribution < -0.4 is 5.73 Å². The molecule has 3 rings (SSSR count). The summed E-state index contributed by atoms with van der Waals surface area (Å²) in [4.78, 5) is 0. The van der Waals surface area contributed by atoms with E-state index in [1.807, 2.05) is 36.4 Å². The highest BCUT2D eigenvalue weighted by Crippen LogP contribution is 2.41. The Labute approximate surface area is 113 Å². The maximum Gasteiger partial charge on any atom is 0.106 e. The van der Waals surface area contributed by atoms with Gasteiger partial charge in [0.2, 0.25) is 0 Å². The van der Waals surface area contributed by atoms with Crippen LogP contribution in [0.15, 0.2) is 48.5 Å². The summed E-state index contributed by atoms with van der Waals surface area (Å²) in [5.41, 5.74) is 9.71. The van der Waals surface area contributed by atoms with Gasteiger partial charge in [-0.25, -0.2) is 0 Å². The zero-order chi connectivity index (χ0) is 13.2. The minimum absolute atomic E-state index is 0.607. The molecule has 2 aromatic carbocycles. The van der Waals surface area contributed by atoms with Crippen molar-refractivity contribution < 1.29 is 5.11 Å². The Morgan fingerprint density at radius 2 is 1.58 bits per heavy atom. The Morgan fingerprint density at radius 3 is 2.21 bits per heavy atom. The van der Waals surface area contributed by atoms with E-state index in [0.29, 0.717) is 11.6 Å². The van der Waals surface area contributed by atoms with Crippen LogP contribution >= 0.6 is 0 Å². The Bertz CT molecular complexity index is 575. The average molecular weight is 253 g/mol. The van der Waals surface area contributed by atoms with Crippen LogP contribution in [0.1, 0.15) is 48.0 Å². The lowest BCUT2D eigenvalue weighted by Crippen LogP contribution is -2.14. The van der Waals surface area contributed by atoms with Gasteiger partial charge in [-0.15, -0.1) is 0 Å². The number of anilines is 1. The van der Waals surface area contributed by atoms with E-state index in [1.54, 1.807) is 0 Å². The van der Waals surface area contributed by atoms with Gasteiger partial charge in [0.25, 0.3) is 0 Å². The third-order valence-electron chi connectivity index (χ3n) is 4.13. The van der Waals surface area contributed by atoms with Gasteiger partial charge < -0.3 is 10.8 Å². The molecule has 0 amide bonds. The molecule has 1 unspecified atom stereocenters. The molecule has 1 aliphatic carbocycles. The van der Waals surface area contributed by atoms with Gasteiger partial charge in [0.05, 0.1) is 0 Å². The second-order valence-corrected chi connectivity index (χ2v) is 5.29. The number of aliphatic hydroxyl groups excluding tert-OH is 1. The van der Waals surface area contributed by atoms with E-state index in [0.717, 1.165) is 11.1 Å². The minimum Gasteiger partial charge on any atom is -0.398 e. The molecule has 0 heterocycles. The van der Waals surface area contributed by atoms with Gasteiger partial charge in [0.15, 0.2) is 0 Å². The van der Waals surface area contributed by atoms with E-state index < -0.39 is 6.10 Å². The highest BCUT2D eigenvalue weighted by Gasteiger charge is 2.25. The predicted octanol–water partition coefficient (Wildman–Crippen LogP) is 3.62. The first-order valence-corrected chi connectivity index (χ1v) is 6.88. The molecule has 1 saturated carbocycles. The average Bonchev–Trinajstić information content (AvgIpc) is 2.37. The van der Waals surface area contributed by atoms with Crippen molar-refractivity contribution in [3.05, 3.63) is 65.2 Å². The largest absolute Gasteiger partial charge is 0.398 e. The van der Waals surface area contributed by atoms with Crippen molar-refractivity contribution in [1.29, 1.82) is 0 Å². The summed E-state index contributed by atoms with van der Waals surface area (Å²) in [6.45, 7) is 0. The molecule has 1 aliphatic rings. The summed E-state index contributed by atoms with van der Waals surface area (Å²) in [6, 6.07) is 15.7. The molecular weight excluding hydrogens is 234 g/mol. The van der Waals surface area contributed by atoms with E-state index in [2.05, 4.69) is 12.1 Å². The van der Waals surface area contributed by atoms with Crippen LogP contribution in [0.4, 0.5) is 5.69 Å². The number of hydrogen-bond acceptors (Lipinski definition) is 2. The Balaban J connectivity index is 2.00. The molecule has 2 aromatic rings. The summed E-state index contributed by atoms with van der Waals surface area (Å²) in [5.74, 6) is 0.607. The van der Waals surface area contributed by atoms with Gasteiger partial charge >= 0.3 is 0 Å². The summed E-state index contributed by atoms with van der Waals surface area (Å²) in [7, 11) is 0. The van der Waals surface area contributed by atoms with Crippen molar-refractivity contribution in [3.8, 4) is 0 Å². The molecule has 1 fully saturated rings. The minimum atomic E-state index is -0.627. The van der Waals surface area contributed by atoms with Crippen molar-refractivity contribution in [2.75, 3.05) is 5.73 Å². The number of nitrogens with two attached hydrogens (primary N) is 1. The first-order valence-electron chi connectivity index (χ1n) is 6.88. The second kappa shape index (κ2) is 5.06. The van der Waals surface area contributed by atoms with Crippen LogP contribution in [0.3, 0.4) is 0 Å². The maximum absolute atomic E-state index is 10.6. The summed E-state index contributed by atoms with van der Waals surface area (Å²) in [5, 5.41) is 10.6. The first-order chi connectivity index (χ1) is 9.27. The van der Waals surface area contributed by atoms with E-state index in [9.17, 15) is 5.11 Å². The lowest BCUT2D eigenvalue weighted by molar-refractivity contribution is 0.218. The summed E-state index contributed by atoms with van der Waals surface area (Å²) < 4.78 is 0. The Hall–Kier alpha value is -1.80. The van der Waals surface area contributed by atoms with Gasteiger partial charge in [0.1, 0.15) is 6.10 Å². The molecule has 0 aromatic heterocycles. The smallest absolute Gasteiger partial charge is 0.106 e. The standard InChI is InChI=1S/C17H19NO/c18-16-11-4-3-10-15(16)17(19)14-9-2-1-8-13(14)12-6-5-7-12/h1-4,8-12,17,19H,5-7,18H2. The summed E-state index contributed by atoms with van der Waals surface area (Å²) >= 11 is 0. The van der Waals surface area contributed by atoms with Gasteiger partial charge in [-0.1, -0.05) is 48.9 Å². The van der Waals surface area contributed by atoms with Crippen LogP contribution in [0.2, 0.25) is 0 Å². The topological polar surface area (TPSA) is 46.2 Å². The second-order valence-electron chi connectivity index (χ2n) is 5.29. The molecule has 1 atom stereocenters. The van der Waals surface area contributed by atoms with Gasteiger partial charge in [-0.05, 0) is 36.0 Å². The number of benzene rings is 2. The number of para-hydroxylation sites is 1. The van der Waals surface area contributed by atoms with Crippen molar-refractivity contribution in [2.45, 2.75) is 31.3 Å². The van der Waals surface area contributed by atoms with Crippen LogP contribution in [0.5, 0.6) is 0 Å². The fourth-order valence-electron chi connectivity index (χ4n) is 2.78. The van der Waals surface area contributed by atoms with E-state index in [4.69, 9.17) is 5.73 Å². The van der Waals surface area contributed by atoms with Crippen molar-refractivity contribution in [3.63, 3.8) is 0 Å². The van der Waals surface area contributed by atoms with E-state index >= 15 is 0 Å². The Morgan fingerprint density at radius 1 is 0.947 bits per heavy atom. The number of rotatable bonds is 3. The lowest BCUT2D eigenvalue weighted by atomic mass is 9.77. The molecule has 0 radical (unpaired) electrons. The lowest BCUT2D eigenvalue weighted by Gasteiger charge is -2.29. The van der Waals surface area contributed by atoms with Crippen molar-refractivity contribution in [1.82, 2.24) is 0 Å². The van der Waals surface area contributed by atoms with Gasteiger partial charge in [0, 0.05) is 11.3 Å². The quantitative estimate of drug-likeness (QED) is 0.821. The molecule has 2 heteroatoms. The molecule has 98 valence electrons. The fraction of sp³-hybridized carbons (Fsp3) is 0.294. The van der Waals surface area contributed by atoms with E-state index in [1.165, 1.54) is 24.8 Å². The van der Waals surface area contributed by atoms with Gasteiger partial charge in [-0.3, -0.25) is 0 Å². The zero-order valence-electron chi connectivity index (χ0n) is 10.9. The molecular formula is C17H19NO. The number of aliphatic hydroxyl groups is 1. The van der Waals surface area contributed by atoms with Crippen LogP contribution in [0.25, 0.3) is 0 Å². The van der Waals surface area contributed by atoms with Crippen LogP contribution in [0, 0.1) is 0 Å². The predicted molar refractivity (Wildman–Crippen MR) is 78.0 cm³/mol. The monoisotopic (exact) mass is 253 g/mol. The van der Waals surface area contributed by atoms with Crippen LogP contribution in [-0.4, -0.2) is 5.11 Å². The third-order valence-corrected chi connectivity index (χ3v) is 4.13. The normalized spacial score (nSPS) is 16.9. The van der Waals surface area contributed by atoms with E-state index in [-0.39, 0.29) is 0 Å². The first kappa shape index (κ1) is 12.2. The van der Waals surface area contributed by atoms with Gasteiger partial charge in [-0.2, -0.15) is 0 Å². The van der Waals surface area contributed by atoms with Crippen molar-refractivity contribution >= 4 is 5.69 Å². The zero-order valence-corrected chi connectivity index (χ0v) is 10.9. The molecule has 2 nitrogen and oxygen atoms in total. The SMILES string of the molecule is Nc1ccccc1C(O)c1ccccc1C1CCC1. The molecule has 0 aliphatic heterocycles. The maximum atomic E-state index is 10.6. The fourth-order valence-corrected chi connectivity index (χ4v) is 2.78. The third kappa shape index (κ3) is 2.24. The van der Waals surface area contributed by atoms with Crippen LogP contribution in [-0.2, 0) is 0 Å². The van der Waals surface area contributed by atoms with Crippen molar-refractivity contribution in [2.24, 2.45) is 0 Å². The number of hydrogen-bond donors (Lipinski definition) is 2. The highest BCUT2D eigenvalue weighted by atomic mass is 16.3. The summed E-state index contributed by atoms with van der Waals surface area (Å²) in [6.07, 6.45) is 3.13. The molecule has 0 bridgehead atoms. The molecule has 0 saturated heterocycles. The highest BCUT2D eigenvalue weighted by molar-refractivity contribution is 5.51. The molecule has 19 heavy (non-hydrogen) atoms.